The molecule has 0 aliphatic heterocycles. The molecule has 6 heteroatoms. The molecule has 2 aromatic carbocycles. The van der Waals surface area contributed by atoms with E-state index in [1.165, 1.54) is 5.56 Å². The molecule has 0 spiro atoms. The van der Waals surface area contributed by atoms with E-state index in [1.54, 1.807) is 17.5 Å². The summed E-state index contributed by atoms with van der Waals surface area (Å²) in [5.41, 5.74) is 4.09. The summed E-state index contributed by atoms with van der Waals surface area (Å²) in [6, 6.07) is 20.1. The number of nitrogens with zero attached hydrogens (tertiary/aromatic N) is 3. The Morgan fingerprint density at radius 3 is 2.61 bits per heavy atom. The van der Waals surface area contributed by atoms with Gasteiger partial charge in [-0.2, -0.15) is 5.10 Å². The van der Waals surface area contributed by atoms with Crippen LogP contribution in [0, 0.1) is 0 Å². The Hall–Kier alpha value is -3.25. The summed E-state index contributed by atoms with van der Waals surface area (Å²) >= 11 is 1.57. The molecule has 0 aliphatic carbocycles. The number of hydrogen-bond acceptors (Lipinski definition) is 4. The standard InChI is InChI=1S/C22H20N4OS/c27-21(15-19-16-28-22(25-19)18-5-2-1-3-6-18)23-13-11-17-7-9-20(10-8-17)26-14-4-12-24-26/h1-10,12,14,16H,11,13,15H2,(H,23,27). The van der Waals surface area contributed by atoms with Crippen molar-refractivity contribution in [2.24, 2.45) is 0 Å². The van der Waals surface area contributed by atoms with E-state index in [9.17, 15) is 4.79 Å². The first kappa shape index (κ1) is 18.1. The highest BCUT2D eigenvalue weighted by Gasteiger charge is 2.08. The predicted molar refractivity (Wildman–Crippen MR) is 112 cm³/mol. The van der Waals surface area contributed by atoms with Gasteiger partial charge in [-0.1, -0.05) is 42.5 Å². The molecule has 0 saturated carbocycles. The lowest BCUT2D eigenvalue weighted by atomic mass is 10.1. The van der Waals surface area contributed by atoms with Crippen LogP contribution in [0.2, 0.25) is 0 Å². The largest absolute Gasteiger partial charge is 0.355 e. The van der Waals surface area contributed by atoms with Gasteiger partial charge in [0, 0.05) is 29.9 Å². The Morgan fingerprint density at radius 1 is 1.04 bits per heavy atom. The van der Waals surface area contributed by atoms with E-state index >= 15 is 0 Å². The van der Waals surface area contributed by atoms with Crippen LogP contribution >= 0.6 is 11.3 Å². The normalized spacial score (nSPS) is 10.7. The van der Waals surface area contributed by atoms with Crippen molar-refractivity contribution in [3.05, 3.63) is 89.7 Å². The molecule has 1 N–H and O–H groups in total. The molecule has 5 nitrogen and oxygen atoms in total. The Balaban J connectivity index is 1.25. The number of aromatic nitrogens is 3. The maximum Gasteiger partial charge on any atom is 0.226 e. The Kier molecular flexibility index (Phi) is 5.58. The summed E-state index contributed by atoms with van der Waals surface area (Å²) in [5.74, 6) is -0.00178. The monoisotopic (exact) mass is 388 g/mol. The van der Waals surface area contributed by atoms with Gasteiger partial charge >= 0.3 is 0 Å². The van der Waals surface area contributed by atoms with Gasteiger partial charge < -0.3 is 5.32 Å². The molecule has 0 fully saturated rings. The molecule has 28 heavy (non-hydrogen) atoms. The average molecular weight is 388 g/mol. The third kappa shape index (κ3) is 4.53. The van der Waals surface area contributed by atoms with Gasteiger partial charge in [0.05, 0.1) is 17.8 Å². The Bertz CT molecular complexity index is 1020. The summed E-state index contributed by atoms with van der Waals surface area (Å²) in [6.07, 6.45) is 4.77. The summed E-state index contributed by atoms with van der Waals surface area (Å²) in [5, 5.41) is 10.1. The summed E-state index contributed by atoms with van der Waals surface area (Å²) < 4.78 is 1.82. The fourth-order valence-electron chi connectivity index (χ4n) is 2.91. The number of amides is 1. The zero-order valence-electron chi connectivity index (χ0n) is 15.3. The third-order valence-electron chi connectivity index (χ3n) is 4.36. The van der Waals surface area contributed by atoms with E-state index in [1.807, 2.05) is 64.8 Å². The smallest absolute Gasteiger partial charge is 0.226 e. The van der Waals surface area contributed by atoms with Crippen LogP contribution < -0.4 is 5.32 Å². The van der Waals surface area contributed by atoms with Crippen LogP contribution in [0.25, 0.3) is 16.3 Å². The number of hydrogen-bond donors (Lipinski definition) is 1. The first-order chi connectivity index (χ1) is 13.8. The zero-order valence-corrected chi connectivity index (χ0v) is 16.1. The second kappa shape index (κ2) is 8.63. The Labute approximate surface area is 167 Å². The van der Waals surface area contributed by atoms with E-state index in [2.05, 4.69) is 27.5 Å². The minimum absolute atomic E-state index is 0.00178. The second-order valence-corrected chi connectivity index (χ2v) is 7.26. The molecule has 0 saturated heterocycles. The van der Waals surface area contributed by atoms with Crippen molar-refractivity contribution >= 4 is 17.2 Å². The first-order valence-electron chi connectivity index (χ1n) is 9.13. The molecule has 0 unspecified atom stereocenters. The van der Waals surface area contributed by atoms with Crippen molar-refractivity contribution < 1.29 is 4.79 Å². The first-order valence-corrected chi connectivity index (χ1v) is 10.0. The second-order valence-electron chi connectivity index (χ2n) is 6.40. The molecular weight excluding hydrogens is 368 g/mol. The van der Waals surface area contributed by atoms with Gasteiger partial charge in [0.1, 0.15) is 5.01 Å². The molecular formula is C22H20N4OS. The maximum atomic E-state index is 12.2. The van der Waals surface area contributed by atoms with Gasteiger partial charge in [-0.05, 0) is 30.2 Å². The van der Waals surface area contributed by atoms with Gasteiger partial charge in [-0.25, -0.2) is 9.67 Å². The number of carbonyl (C=O) groups is 1. The minimum Gasteiger partial charge on any atom is -0.355 e. The average Bonchev–Trinajstić information content (AvgIpc) is 3.42. The molecule has 4 aromatic rings. The fraction of sp³-hybridized carbons (Fsp3) is 0.136. The van der Waals surface area contributed by atoms with Crippen molar-refractivity contribution in [1.29, 1.82) is 0 Å². The van der Waals surface area contributed by atoms with Gasteiger partial charge in [-0.15, -0.1) is 11.3 Å². The lowest BCUT2D eigenvalue weighted by Crippen LogP contribution is -2.27. The minimum atomic E-state index is -0.00178. The highest BCUT2D eigenvalue weighted by Crippen LogP contribution is 2.23. The van der Waals surface area contributed by atoms with Gasteiger partial charge in [-0.3, -0.25) is 4.79 Å². The molecule has 4 rings (SSSR count). The molecule has 1 amide bonds. The Morgan fingerprint density at radius 2 is 1.86 bits per heavy atom. The van der Waals surface area contributed by atoms with Crippen molar-refractivity contribution in [3.8, 4) is 16.3 Å². The molecule has 140 valence electrons. The lowest BCUT2D eigenvalue weighted by molar-refractivity contribution is -0.120. The van der Waals surface area contributed by atoms with E-state index in [-0.39, 0.29) is 5.91 Å². The van der Waals surface area contributed by atoms with Crippen molar-refractivity contribution in [1.82, 2.24) is 20.1 Å². The van der Waals surface area contributed by atoms with Crippen LogP contribution in [-0.4, -0.2) is 27.2 Å². The number of nitrogens with one attached hydrogen (secondary N) is 1. The molecule has 0 bridgehead atoms. The van der Waals surface area contributed by atoms with Crippen molar-refractivity contribution in [3.63, 3.8) is 0 Å². The lowest BCUT2D eigenvalue weighted by Gasteiger charge is -2.06. The van der Waals surface area contributed by atoms with E-state index in [0.717, 1.165) is 28.4 Å². The van der Waals surface area contributed by atoms with Crippen LogP contribution in [0.4, 0.5) is 0 Å². The third-order valence-corrected chi connectivity index (χ3v) is 5.30. The van der Waals surface area contributed by atoms with Gasteiger partial charge in [0.2, 0.25) is 5.91 Å². The summed E-state index contributed by atoms with van der Waals surface area (Å²) in [6.45, 7) is 0.607. The topological polar surface area (TPSA) is 59.8 Å². The fourth-order valence-corrected chi connectivity index (χ4v) is 3.74. The van der Waals surface area contributed by atoms with Gasteiger partial charge in [0.25, 0.3) is 0 Å². The van der Waals surface area contributed by atoms with Crippen LogP contribution in [0.5, 0.6) is 0 Å². The highest BCUT2D eigenvalue weighted by molar-refractivity contribution is 7.13. The summed E-state index contributed by atoms with van der Waals surface area (Å²) in [7, 11) is 0. The van der Waals surface area contributed by atoms with Crippen LogP contribution in [0.1, 0.15) is 11.3 Å². The molecule has 0 aliphatic rings. The predicted octanol–water partition coefficient (Wildman–Crippen LogP) is 3.90. The number of benzene rings is 2. The highest BCUT2D eigenvalue weighted by atomic mass is 32.1. The number of carbonyl (C=O) groups excluding carboxylic acids is 1. The number of thiazole rings is 1. The van der Waals surface area contributed by atoms with Crippen molar-refractivity contribution in [2.75, 3.05) is 6.54 Å². The van der Waals surface area contributed by atoms with Gasteiger partial charge in [0.15, 0.2) is 0 Å². The molecule has 2 heterocycles. The molecule has 0 atom stereocenters. The van der Waals surface area contributed by atoms with Crippen LogP contribution in [-0.2, 0) is 17.6 Å². The van der Waals surface area contributed by atoms with Crippen LogP contribution in [0.15, 0.2) is 78.4 Å². The van der Waals surface area contributed by atoms with Crippen molar-refractivity contribution in [2.45, 2.75) is 12.8 Å². The zero-order chi connectivity index (χ0) is 19.2. The SMILES string of the molecule is O=C(Cc1csc(-c2ccccc2)n1)NCCc1ccc(-n2cccn2)cc1. The number of rotatable bonds is 7. The maximum absolute atomic E-state index is 12.2. The summed E-state index contributed by atoms with van der Waals surface area (Å²) in [4.78, 5) is 16.8. The molecule has 0 radical (unpaired) electrons. The van der Waals surface area contributed by atoms with E-state index < -0.39 is 0 Å². The molecule has 2 aromatic heterocycles. The van der Waals surface area contributed by atoms with E-state index in [0.29, 0.717) is 13.0 Å². The van der Waals surface area contributed by atoms with E-state index in [4.69, 9.17) is 0 Å². The quantitative estimate of drug-likeness (QED) is 0.522. The van der Waals surface area contributed by atoms with Crippen LogP contribution in [0.3, 0.4) is 0 Å².